The van der Waals surface area contributed by atoms with Crippen LogP contribution in [0.25, 0.3) is 21.3 Å². The van der Waals surface area contributed by atoms with Crippen LogP contribution >= 0.6 is 11.3 Å². The fourth-order valence-electron chi connectivity index (χ4n) is 5.75. The second-order valence-electron chi connectivity index (χ2n) is 11.9. The lowest BCUT2D eigenvalue weighted by Crippen LogP contribution is -2.33. The fourth-order valence-corrected chi connectivity index (χ4v) is 6.71. The predicted molar refractivity (Wildman–Crippen MR) is 165 cm³/mol. The highest BCUT2D eigenvalue weighted by atomic mass is 32.1. The van der Waals surface area contributed by atoms with E-state index < -0.39 is 23.3 Å². The van der Waals surface area contributed by atoms with Crippen LogP contribution in [0, 0.1) is 5.82 Å². The molecule has 3 N–H and O–H groups in total. The third-order valence-corrected chi connectivity index (χ3v) is 9.77. The number of fused-ring (bicyclic) bond motifs is 2. The van der Waals surface area contributed by atoms with E-state index in [1.54, 1.807) is 6.07 Å². The third kappa shape index (κ3) is 5.06. The quantitative estimate of drug-likeness (QED) is 0.118. The topological polar surface area (TPSA) is 98.8 Å². The average Bonchev–Trinajstić information content (AvgIpc) is 3.84. The van der Waals surface area contributed by atoms with Crippen molar-refractivity contribution in [2.24, 2.45) is 4.99 Å². The number of benzene rings is 2. The minimum Gasteiger partial charge on any atom is -0.495 e. The van der Waals surface area contributed by atoms with Crippen LogP contribution in [0.5, 0.6) is 11.5 Å². The summed E-state index contributed by atoms with van der Waals surface area (Å²) in [6, 6.07) is 9.82. The molecular weight excluding hydrogens is 589 g/mol. The zero-order valence-electron chi connectivity index (χ0n) is 24.3. The van der Waals surface area contributed by atoms with Crippen molar-refractivity contribution in [1.82, 2.24) is 10.3 Å². The Balaban J connectivity index is 1.22. The largest absolute Gasteiger partial charge is 0.495 e. The Morgan fingerprint density at radius 2 is 2.07 bits per heavy atom. The van der Waals surface area contributed by atoms with E-state index in [1.807, 2.05) is 24.4 Å². The number of rotatable bonds is 9. The molecule has 44 heavy (non-hydrogen) atoms. The number of halogens is 3. The maximum atomic E-state index is 16.0. The van der Waals surface area contributed by atoms with Crippen molar-refractivity contribution in [2.75, 3.05) is 26.0 Å². The number of nitrogens with one attached hydrogen (secondary N) is 1. The van der Waals surface area contributed by atoms with Gasteiger partial charge < -0.3 is 20.5 Å². The van der Waals surface area contributed by atoms with Gasteiger partial charge in [0, 0.05) is 70.2 Å². The van der Waals surface area contributed by atoms with Crippen LogP contribution in [0.4, 0.5) is 18.9 Å². The second-order valence-corrected chi connectivity index (χ2v) is 12.8. The minimum atomic E-state index is -1.58. The first-order chi connectivity index (χ1) is 21.1. The molecule has 2 aromatic carbocycles. The number of aromatic nitrogens is 1. The number of pyridine rings is 1. The lowest BCUT2D eigenvalue weighted by molar-refractivity contribution is 0.0944. The number of ether oxygens (including phenoxy) is 2. The van der Waals surface area contributed by atoms with E-state index in [1.165, 1.54) is 42.9 Å². The molecule has 2 saturated carbocycles. The first-order valence-electron chi connectivity index (χ1n) is 14.6. The number of carbonyl (C=O) groups excluding carboxylic acids is 1. The van der Waals surface area contributed by atoms with Crippen molar-refractivity contribution in [2.45, 2.75) is 55.9 Å². The number of carbonyl (C=O) groups is 1. The van der Waals surface area contributed by atoms with Gasteiger partial charge in [0.25, 0.3) is 5.91 Å². The van der Waals surface area contributed by atoms with Gasteiger partial charge in [-0.15, -0.1) is 11.3 Å². The highest BCUT2D eigenvalue weighted by molar-refractivity contribution is 7.17. The Labute approximate surface area is 256 Å². The number of nitrogen functional groups attached to an aromatic ring is 1. The number of anilines is 1. The maximum Gasteiger partial charge on any atom is 0.251 e. The monoisotopic (exact) mass is 620 g/mol. The van der Waals surface area contributed by atoms with Crippen molar-refractivity contribution < 1.29 is 27.4 Å². The molecule has 2 atom stereocenters. The van der Waals surface area contributed by atoms with E-state index >= 15 is 4.39 Å². The molecule has 0 spiro atoms. The Hall–Kier alpha value is -4.12. The standard InChI is InChI=1S/C33H31F3N4O3S/c1-17-15-43-29-21(17)12-25(40-28(29)22-16-44-30-20(22)4-3-5-24(30)34)23(32(35)6-7-32)14-38-31(41)18-10-19(13-39-33(36)8-9-33)27(37)26(11-18)42-2/h3-5,10-13,16-17,23H,6-9,14-15,37H2,1-2H3,(H,38,41)/b39-13+. The van der Waals surface area contributed by atoms with Gasteiger partial charge in [-0.1, -0.05) is 19.1 Å². The van der Waals surface area contributed by atoms with Crippen LogP contribution in [0.3, 0.4) is 0 Å². The summed E-state index contributed by atoms with van der Waals surface area (Å²) in [7, 11) is 1.43. The first kappa shape index (κ1) is 28.6. The Morgan fingerprint density at radius 1 is 1.27 bits per heavy atom. The van der Waals surface area contributed by atoms with Gasteiger partial charge in [-0.05, 0) is 37.1 Å². The summed E-state index contributed by atoms with van der Waals surface area (Å²) in [6.07, 6.45) is 2.71. The molecule has 2 unspecified atom stereocenters. The van der Waals surface area contributed by atoms with E-state index in [2.05, 4.69) is 10.3 Å². The minimum absolute atomic E-state index is 0.0154. The lowest BCUT2D eigenvalue weighted by atomic mass is 9.92. The summed E-state index contributed by atoms with van der Waals surface area (Å²) in [4.78, 5) is 22.3. The summed E-state index contributed by atoms with van der Waals surface area (Å²) in [6.45, 7) is 2.48. The summed E-state index contributed by atoms with van der Waals surface area (Å²) in [5, 5.41) is 5.46. The van der Waals surface area contributed by atoms with Gasteiger partial charge in [-0.3, -0.25) is 9.79 Å². The fraction of sp³-hybridized carbons (Fsp3) is 0.364. The van der Waals surface area contributed by atoms with Crippen molar-refractivity contribution >= 4 is 39.2 Å². The van der Waals surface area contributed by atoms with Crippen LogP contribution < -0.4 is 20.5 Å². The van der Waals surface area contributed by atoms with Gasteiger partial charge in [0.15, 0.2) is 5.79 Å². The third-order valence-electron chi connectivity index (χ3n) is 8.77. The molecule has 2 aromatic heterocycles. The molecule has 3 aliphatic rings. The summed E-state index contributed by atoms with van der Waals surface area (Å²) in [5.74, 6) is -2.17. The van der Waals surface area contributed by atoms with Gasteiger partial charge in [0.05, 0.1) is 30.0 Å². The molecule has 4 aromatic rings. The molecule has 3 heterocycles. The van der Waals surface area contributed by atoms with Crippen molar-refractivity contribution in [1.29, 1.82) is 0 Å². The number of alkyl halides is 2. The van der Waals surface area contributed by atoms with E-state index in [9.17, 15) is 13.6 Å². The summed E-state index contributed by atoms with van der Waals surface area (Å²) < 4.78 is 56.7. The van der Waals surface area contributed by atoms with E-state index in [0.29, 0.717) is 65.1 Å². The second kappa shape index (κ2) is 10.5. The number of amides is 1. The highest BCUT2D eigenvalue weighted by Gasteiger charge is 2.52. The number of aliphatic imine (C=N–C) groups is 1. The van der Waals surface area contributed by atoms with Crippen LogP contribution in [0.1, 0.15) is 71.6 Å². The predicted octanol–water partition coefficient (Wildman–Crippen LogP) is 7.08. The van der Waals surface area contributed by atoms with E-state index in [-0.39, 0.29) is 35.3 Å². The first-order valence-corrected chi connectivity index (χ1v) is 15.5. The highest BCUT2D eigenvalue weighted by Crippen LogP contribution is 2.53. The number of nitrogens with zero attached hydrogens (tertiary/aromatic N) is 2. The molecule has 2 fully saturated rings. The van der Waals surface area contributed by atoms with Crippen LogP contribution in [-0.2, 0) is 0 Å². The van der Waals surface area contributed by atoms with E-state index in [4.69, 9.17) is 20.2 Å². The Morgan fingerprint density at radius 3 is 2.80 bits per heavy atom. The number of methoxy groups -OCH3 is 1. The van der Waals surface area contributed by atoms with Crippen LogP contribution in [-0.4, -0.2) is 48.8 Å². The Bertz CT molecular complexity index is 1830. The summed E-state index contributed by atoms with van der Waals surface area (Å²) in [5.41, 5.74) is 8.15. The van der Waals surface area contributed by atoms with Crippen LogP contribution in [0.15, 0.2) is 46.8 Å². The molecular formula is C33H31F3N4O3S. The lowest BCUT2D eigenvalue weighted by Gasteiger charge is -2.23. The zero-order chi connectivity index (χ0) is 30.8. The molecule has 0 saturated heterocycles. The molecule has 1 amide bonds. The maximum absolute atomic E-state index is 16.0. The van der Waals surface area contributed by atoms with Gasteiger partial charge in [-0.2, -0.15) is 0 Å². The normalized spacial score (nSPS) is 19.9. The zero-order valence-corrected chi connectivity index (χ0v) is 25.1. The Kier molecular flexibility index (Phi) is 6.84. The SMILES string of the molecule is COc1cc(C(=O)NCC(c2cc3c(c(-c4csc5c(F)cccc45)n2)OCC3C)C2(F)CC2)cc(/C=N/C2(F)CC2)c1N. The van der Waals surface area contributed by atoms with Crippen molar-refractivity contribution in [3.63, 3.8) is 0 Å². The number of thiophene rings is 1. The molecule has 1 aliphatic heterocycles. The average molecular weight is 621 g/mol. The van der Waals surface area contributed by atoms with Gasteiger partial charge in [-0.25, -0.2) is 18.2 Å². The van der Waals surface area contributed by atoms with E-state index in [0.717, 1.165) is 11.1 Å². The molecule has 11 heteroatoms. The number of hydrogen-bond donors (Lipinski definition) is 2. The smallest absolute Gasteiger partial charge is 0.251 e. The number of hydrogen-bond acceptors (Lipinski definition) is 7. The number of nitrogens with two attached hydrogens (primary N) is 1. The van der Waals surface area contributed by atoms with Crippen molar-refractivity contribution in [3.8, 4) is 22.8 Å². The van der Waals surface area contributed by atoms with Gasteiger partial charge in [0.2, 0.25) is 0 Å². The van der Waals surface area contributed by atoms with Gasteiger partial charge in [0.1, 0.15) is 28.7 Å². The molecule has 0 radical (unpaired) electrons. The van der Waals surface area contributed by atoms with Crippen molar-refractivity contribution in [3.05, 3.63) is 70.0 Å². The van der Waals surface area contributed by atoms with Crippen LogP contribution in [0.2, 0.25) is 0 Å². The molecule has 7 rings (SSSR count). The molecule has 0 bridgehead atoms. The van der Waals surface area contributed by atoms with Gasteiger partial charge >= 0.3 is 0 Å². The summed E-state index contributed by atoms with van der Waals surface area (Å²) >= 11 is 1.29. The molecule has 7 nitrogen and oxygen atoms in total. The molecule has 2 aliphatic carbocycles. The molecule has 228 valence electrons.